The molecule has 52 valence electrons. The fourth-order valence-electron chi connectivity index (χ4n) is 0.271. The largest absolute Gasteiger partial charge is 0.477 e. The highest BCUT2D eigenvalue weighted by molar-refractivity contribution is 9.14. The van der Waals surface area contributed by atoms with E-state index in [2.05, 4.69) is 31.9 Å². The molecule has 2 nitrogen and oxygen atoms in total. The maximum atomic E-state index is 10.2. The van der Waals surface area contributed by atoms with Gasteiger partial charge in [-0.05, 0) is 22.4 Å². The van der Waals surface area contributed by atoms with Crippen LogP contribution >= 0.6 is 31.9 Å². The zero-order valence-corrected chi connectivity index (χ0v) is 7.99. The molecule has 0 amide bonds. The standard InChI is InChI=1S/C5H6Br2O2/c1-2-3(6)4(7)5(8)9/h2H2,1H3,(H,8,9). The lowest BCUT2D eigenvalue weighted by molar-refractivity contribution is -0.131. The normalized spacial score (nSPS) is 12.8. The van der Waals surface area contributed by atoms with E-state index in [0.717, 1.165) is 0 Å². The van der Waals surface area contributed by atoms with Crippen LogP contribution < -0.4 is 0 Å². The summed E-state index contributed by atoms with van der Waals surface area (Å²) in [7, 11) is 0. The van der Waals surface area contributed by atoms with Gasteiger partial charge in [0.1, 0.15) is 4.48 Å². The van der Waals surface area contributed by atoms with Crippen molar-refractivity contribution in [2.45, 2.75) is 13.3 Å². The van der Waals surface area contributed by atoms with Crippen LogP contribution in [0.2, 0.25) is 0 Å². The monoisotopic (exact) mass is 256 g/mol. The fraction of sp³-hybridized carbons (Fsp3) is 0.400. The Balaban J connectivity index is 4.28. The summed E-state index contributed by atoms with van der Waals surface area (Å²) in [6.45, 7) is 1.87. The van der Waals surface area contributed by atoms with Crippen LogP contribution in [0, 0.1) is 0 Å². The van der Waals surface area contributed by atoms with Crippen molar-refractivity contribution in [3.63, 3.8) is 0 Å². The molecule has 0 spiro atoms. The third-order valence-corrected chi connectivity index (χ3v) is 3.04. The van der Waals surface area contributed by atoms with E-state index in [4.69, 9.17) is 5.11 Å². The van der Waals surface area contributed by atoms with Gasteiger partial charge in [-0.2, -0.15) is 0 Å². The van der Waals surface area contributed by atoms with Gasteiger partial charge in [-0.3, -0.25) is 0 Å². The summed E-state index contributed by atoms with van der Waals surface area (Å²) >= 11 is 6.00. The van der Waals surface area contributed by atoms with E-state index in [1.165, 1.54) is 0 Å². The molecule has 0 unspecified atom stereocenters. The molecular formula is C5H6Br2O2. The average Bonchev–Trinajstić information content (AvgIpc) is 1.84. The molecule has 0 aliphatic carbocycles. The molecule has 0 fully saturated rings. The second kappa shape index (κ2) is 4.06. The van der Waals surface area contributed by atoms with Crippen LogP contribution in [0.25, 0.3) is 0 Å². The molecule has 0 radical (unpaired) electrons. The van der Waals surface area contributed by atoms with Gasteiger partial charge >= 0.3 is 5.97 Å². The van der Waals surface area contributed by atoms with Gasteiger partial charge < -0.3 is 5.11 Å². The van der Waals surface area contributed by atoms with Gasteiger partial charge in [0, 0.05) is 4.48 Å². The molecule has 0 aromatic rings. The Bertz CT molecular complexity index is 151. The van der Waals surface area contributed by atoms with Crippen molar-refractivity contribution < 1.29 is 9.90 Å². The van der Waals surface area contributed by atoms with Gasteiger partial charge in [-0.15, -0.1) is 0 Å². The van der Waals surface area contributed by atoms with Crippen LogP contribution in [-0.2, 0) is 4.79 Å². The Morgan fingerprint density at radius 1 is 1.56 bits per heavy atom. The number of halogens is 2. The van der Waals surface area contributed by atoms with Crippen molar-refractivity contribution in [1.29, 1.82) is 0 Å². The summed E-state index contributed by atoms with van der Waals surface area (Å²) in [6.07, 6.45) is 0.687. The Morgan fingerprint density at radius 3 is 2.11 bits per heavy atom. The van der Waals surface area contributed by atoms with Crippen LogP contribution in [0.5, 0.6) is 0 Å². The van der Waals surface area contributed by atoms with Gasteiger partial charge in [-0.1, -0.05) is 22.9 Å². The van der Waals surface area contributed by atoms with E-state index in [0.29, 0.717) is 10.9 Å². The highest BCUT2D eigenvalue weighted by Crippen LogP contribution is 2.20. The number of rotatable bonds is 2. The molecule has 0 bridgehead atoms. The molecule has 0 saturated heterocycles. The van der Waals surface area contributed by atoms with Crippen molar-refractivity contribution in [2.75, 3.05) is 0 Å². The van der Waals surface area contributed by atoms with E-state index in [1.54, 1.807) is 0 Å². The zero-order valence-electron chi connectivity index (χ0n) is 4.82. The van der Waals surface area contributed by atoms with E-state index >= 15 is 0 Å². The smallest absolute Gasteiger partial charge is 0.343 e. The zero-order chi connectivity index (χ0) is 7.44. The molecule has 0 heterocycles. The van der Waals surface area contributed by atoms with Gasteiger partial charge in [0.15, 0.2) is 0 Å². The third-order valence-electron chi connectivity index (χ3n) is 0.736. The van der Waals surface area contributed by atoms with Crippen molar-refractivity contribution in [3.05, 3.63) is 8.96 Å². The maximum Gasteiger partial charge on any atom is 0.343 e. The lowest BCUT2D eigenvalue weighted by Gasteiger charge is -1.93. The van der Waals surface area contributed by atoms with Crippen molar-refractivity contribution in [3.8, 4) is 0 Å². The lowest BCUT2D eigenvalue weighted by Crippen LogP contribution is -1.94. The molecule has 9 heavy (non-hydrogen) atoms. The molecule has 0 rings (SSSR count). The van der Waals surface area contributed by atoms with Crippen LogP contribution in [0.15, 0.2) is 8.96 Å². The summed E-state index contributed by atoms with van der Waals surface area (Å²) in [4.78, 5) is 10.2. The number of allylic oxidation sites excluding steroid dienone is 1. The summed E-state index contributed by atoms with van der Waals surface area (Å²) in [5, 5.41) is 8.35. The molecular weight excluding hydrogens is 252 g/mol. The van der Waals surface area contributed by atoms with E-state index in [-0.39, 0.29) is 4.48 Å². The minimum atomic E-state index is -0.941. The van der Waals surface area contributed by atoms with E-state index in [1.807, 2.05) is 6.92 Å². The second-order valence-electron chi connectivity index (χ2n) is 1.38. The number of carboxylic acids is 1. The van der Waals surface area contributed by atoms with Crippen LogP contribution in [0.1, 0.15) is 13.3 Å². The summed E-state index contributed by atoms with van der Waals surface area (Å²) in [6, 6.07) is 0. The number of carboxylic acid groups (broad SMARTS) is 1. The molecule has 0 aliphatic rings. The minimum Gasteiger partial charge on any atom is -0.477 e. The second-order valence-corrected chi connectivity index (χ2v) is 3.13. The van der Waals surface area contributed by atoms with Crippen molar-refractivity contribution in [2.24, 2.45) is 0 Å². The van der Waals surface area contributed by atoms with E-state index in [9.17, 15) is 4.79 Å². The first kappa shape index (κ1) is 9.17. The lowest BCUT2D eigenvalue weighted by atomic mass is 10.4. The molecule has 4 heteroatoms. The number of carbonyl (C=O) groups is 1. The molecule has 0 aromatic heterocycles. The van der Waals surface area contributed by atoms with Crippen LogP contribution in [-0.4, -0.2) is 11.1 Å². The predicted molar refractivity (Wildman–Crippen MR) is 42.8 cm³/mol. The summed E-state index contributed by atoms with van der Waals surface area (Å²) in [5.74, 6) is -0.941. The quantitative estimate of drug-likeness (QED) is 0.772. The van der Waals surface area contributed by atoms with Gasteiger partial charge in [0.2, 0.25) is 0 Å². The summed E-state index contributed by atoms with van der Waals surface area (Å²) < 4.78 is 0.875. The Kier molecular flexibility index (Phi) is 4.14. The fourth-order valence-corrected chi connectivity index (χ4v) is 0.721. The SMILES string of the molecule is CCC(Br)=C(Br)C(=O)O. The van der Waals surface area contributed by atoms with Gasteiger partial charge in [-0.25, -0.2) is 4.79 Å². The summed E-state index contributed by atoms with van der Waals surface area (Å²) in [5.41, 5.74) is 0. The first-order chi connectivity index (χ1) is 4.09. The Labute approximate surface area is 70.2 Å². The van der Waals surface area contributed by atoms with Crippen molar-refractivity contribution >= 4 is 37.8 Å². The highest BCUT2D eigenvalue weighted by Gasteiger charge is 2.05. The number of hydrogen-bond acceptors (Lipinski definition) is 1. The molecule has 0 saturated carbocycles. The molecule has 1 N–H and O–H groups in total. The Hall–Kier alpha value is 0.170. The van der Waals surface area contributed by atoms with Crippen LogP contribution in [0.4, 0.5) is 0 Å². The van der Waals surface area contributed by atoms with Crippen molar-refractivity contribution in [1.82, 2.24) is 0 Å². The topological polar surface area (TPSA) is 37.3 Å². The maximum absolute atomic E-state index is 10.2. The average molecular weight is 258 g/mol. The first-order valence-corrected chi connectivity index (χ1v) is 3.95. The van der Waals surface area contributed by atoms with E-state index < -0.39 is 5.97 Å². The van der Waals surface area contributed by atoms with Gasteiger partial charge in [0.25, 0.3) is 0 Å². The molecule has 0 aliphatic heterocycles. The number of aliphatic carboxylic acids is 1. The number of hydrogen-bond donors (Lipinski definition) is 1. The third kappa shape index (κ3) is 3.01. The highest BCUT2D eigenvalue weighted by atomic mass is 79.9. The van der Waals surface area contributed by atoms with Crippen LogP contribution in [0.3, 0.4) is 0 Å². The molecule has 0 aromatic carbocycles. The molecule has 0 atom stereocenters. The van der Waals surface area contributed by atoms with Gasteiger partial charge in [0.05, 0.1) is 0 Å². The predicted octanol–water partition coefficient (Wildman–Crippen LogP) is 2.48. The first-order valence-electron chi connectivity index (χ1n) is 2.37. The minimum absolute atomic E-state index is 0.199. The Morgan fingerprint density at radius 2 is 2.00 bits per heavy atom.